The minimum absolute atomic E-state index is 0.216. The molecule has 3 rings (SSSR count). The highest BCUT2D eigenvalue weighted by Crippen LogP contribution is 2.33. The van der Waals surface area contributed by atoms with Crippen molar-refractivity contribution >= 4 is 17.3 Å². The second-order valence-corrected chi connectivity index (χ2v) is 6.26. The van der Waals surface area contributed by atoms with Gasteiger partial charge >= 0.3 is 0 Å². The second-order valence-electron chi connectivity index (χ2n) is 5.85. The van der Waals surface area contributed by atoms with Crippen LogP contribution in [0.25, 0.3) is 4.85 Å². The lowest BCUT2D eigenvalue weighted by molar-refractivity contribution is 0.482. The highest BCUT2D eigenvalue weighted by Gasteiger charge is 2.09. The zero-order valence-electron chi connectivity index (χ0n) is 14.3. The molecule has 2 aromatic carbocycles. The van der Waals surface area contributed by atoms with E-state index in [1.165, 1.54) is 6.07 Å². The first-order valence-electron chi connectivity index (χ1n) is 7.92. The molecule has 0 aliphatic carbocycles. The number of halogens is 1. The average molecular weight is 377 g/mol. The number of nitriles is 1. The Kier molecular flexibility index (Phi) is 5.21. The van der Waals surface area contributed by atoms with Crippen molar-refractivity contribution in [2.75, 3.05) is 0 Å². The molecule has 0 bridgehead atoms. The Morgan fingerprint density at radius 3 is 2.81 bits per heavy atom. The summed E-state index contributed by atoms with van der Waals surface area (Å²) >= 11 is 6.23. The molecule has 0 saturated carbocycles. The third-order valence-corrected chi connectivity index (χ3v) is 4.11. The van der Waals surface area contributed by atoms with E-state index in [9.17, 15) is 4.79 Å². The summed E-state index contributed by atoms with van der Waals surface area (Å²) in [5.41, 5.74) is 2.61. The number of benzene rings is 2. The molecule has 0 aliphatic heterocycles. The molecule has 7 heteroatoms. The smallest absolute Gasteiger partial charge is 0.267 e. The maximum atomic E-state index is 11.4. The van der Waals surface area contributed by atoms with Gasteiger partial charge in [-0.05, 0) is 48.9 Å². The Bertz CT molecular complexity index is 1120. The van der Waals surface area contributed by atoms with Crippen LogP contribution in [0.1, 0.15) is 22.4 Å². The molecule has 0 saturated heterocycles. The molecular weight excluding hydrogens is 364 g/mol. The largest absolute Gasteiger partial charge is 0.457 e. The van der Waals surface area contributed by atoms with E-state index in [4.69, 9.17) is 28.2 Å². The van der Waals surface area contributed by atoms with Gasteiger partial charge in [-0.2, -0.15) is 10.4 Å². The number of ether oxygens (including phenoxy) is 1. The van der Waals surface area contributed by atoms with Crippen LogP contribution in [-0.4, -0.2) is 10.2 Å². The van der Waals surface area contributed by atoms with Gasteiger partial charge in [-0.25, -0.2) is 9.94 Å². The lowest BCUT2D eigenvalue weighted by Gasteiger charge is -2.10. The fourth-order valence-corrected chi connectivity index (χ4v) is 2.65. The zero-order valence-corrected chi connectivity index (χ0v) is 15.0. The van der Waals surface area contributed by atoms with Crippen LogP contribution in [0, 0.1) is 24.8 Å². The molecule has 0 unspecified atom stereocenters. The SMILES string of the molecule is [C-]#[N+]c1cc(C#N)cc(Oc2cc(Cc3cc(C)c(=O)[nH]n3)ccc2Cl)c1. The fraction of sp³-hybridized carbons (Fsp3) is 0.100. The number of H-pyrrole nitrogens is 1. The van der Waals surface area contributed by atoms with Crippen molar-refractivity contribution in [3.8, 4) is 17.6 Å². The monoisotopic (exact) mass is 376 g/mol. The summed E-state index contributed by atoms with van der Waals surface area (Å²) in [6.07, 6.45) is 0.483. The van der Waals surface area contributed by atoms with Crippen LogP contribution in [-0.2, 0) is 6.42 Å². The topological polar surface area (TPSA) is 83.1 Å². The molecule has 0 atom stereocenters. The number of aryl methyl sites for hydroxylation is 1. The predicted molar refractivity (Wildman–Crippen MR) is 101 cm³/mol. The van der Waals surface area contributed by atoms with E-state index in [1.807, 2.05) is 12.1 Å². The maximum Gasteiger partial charge on any atom is 0.267 e. The molecule has 6 nitrogen and oxygen atoms in total. The van der Waals surface area contributed by atoms with Crippen LogP contribution in [0.2, 0.25) is 5.02 Å². The van der Waals surface area contributed by atoms with E-state index < -0.39 is 0 Å². The Labute approximate surface area is 160 Å². The standard InChI is InChI=1S/C20H13ClN4O2/c1-12-5-16(24-25-20(12)26)6-13-3-4-18(21)19(9-13)27-17-8-14(11-22)7-15(10-17)23-2/h3-5,7-10H,6H2,1H3,(H,25,26). The number of nitrogens with zero attached hydrogens (tertiary/aromatic N) is 3. The highest BCUT2D eigenvalue weighted by atomic mass is 35.5. The predicted octanol–water partition coefficient (Wildman–Crippen LogP) is 4.54. The van der Waals surface area contributed by atoms with Crippen LogP contribution in [0.4, 0.5) is 5.69 Å². The van der Waals surface area contributed by atoms with Crippen LogP contribution < -0.4 is 10.3 Å². The van der Waals surface area contributed by atoms with Gasteiger partial charge in [0, 0.05) is 17.5 Å². The van der Waals surface area contributed by atoms with E-state index in [0.29, 0.717) is 45.5 Å². The summed E-state index contributed by atoms with van der Waals surface area (Å²) in [6, 6.07) is 13.6. The summed E-state index contributed by atoms with van der Waals surface area (Å²) < 4.78 is 5.81. The molecule has 132 valence electrons. The maximum absolute atomic E-state index is 11.4. The molecule has 1 aromatic heterocycles. The van der Waals surface area contributed by atoms with E-state index in [1.54, 1.807) is 37.3 Å². The van der Waals surface area contributed by atoms with Crippen LogP contribution in [0.15, 0.2) is 47.3 Å². The van der Waals surface area contributed by atoms with E-state index in [2.05, 4.69) is 15.0 Å². The first kappa shape index (κ1) is 18.2. The molecular formula is C20H13ClN4O2. The highest BCUT2D eigenvalue weighted by molar-refractivity contribution is 6.32. The Balaban J connectivity index is 1.90. The lowest BCUT2D eigenvalue weighted by atomic mass is 10.1. The number of nitrogens with one attached hydrogen (secondary N) is 1. The first-order valence-corrected chi connectivity index (χ1v) is 8.30. The Morgan fingerprint density at radius 2 is 2.11 bits per heavy atom. The van der Waals surface area contributed by atoms with Gasteiger partial charge in [-0.3, -0.25) is 4.79 Å². The number of aromatic nitrogens is 2. The molecule has 0 spiro atoms. The van der Waals surface area contributed by atoms with Crippen LogP contribution >= 0.6 is 11.6 Å². The number of hydrogen-bond donors (Lipinski definition) is 1. The molecule has 1 N–H and O–H groups in total. The van der Waals surface area contributed by atoms with Gasteiger partial charge < -0.3 is 4.74 Å². The van der Waals surface area contributed by atoms with Gasteiger partial charge in [0.25, 0.3) is 5.56 Å². The van der Waals surface area contributed by atoms with Gasteiger partial charge in [-0.15, -0.1) is 0 Å². The average Bonchev–Trinajstić information content (AvgIpc) is 2.67. The van der Waals surface area contributed by atoms with E-state index >= 15 is 0 Å². The molecule has 1 heterocycles. The van der Waals surface area contributed by atoms with Crippen molar-refractivity contribution in [2.24, 2.45) is 0 Å². The van der Waals surface area contributed by atoms with Crippen molar-refractivity contribution in [2.45, 2.75) is 13.3 Å². The van der Waals surface area contributed by atoms with Gasteiger partial charge in [-0.1, -0.05) is 17.7 Å². The number of aromatic amines is 1. The summed E-state index contributed by atoms with van der Waals surface area (Å²) in [7, 11) is 0. The molecule has 0 fully saturated rings. The van der Waals surface area contributed by atoms with Crippen molar-refractivity contribution in [3.63, 3.8) is 0 Å². The lowest BCUT2D eigenvalue weighted by Crippen LogP contribution is -2.12. The Morgan fingerprint density at radius 1 is 1.30 bits per heavy atom. The van der Waals surface area contributed by atoms with Gasteiger partial charge in [0.2, 0.25) is 0 Å². The van der Waals surface area contributed by atoms with Crippen molar-refractivity contribution in [1.29, 1.82) is 5.26 Å². The molecule has 27 heavy (non-hydrogen) atoms. The molecule has 0 radical (unpaired) electrons. The van der Waals surface area contributed by atoms with Gasteiger partial charge in [0.05, 0.1) is 23.4 Å². The van der Waals surface area contributed by atoms with Crippen molar-refractivity contribution in [1.82, 2.24) is 10.2 Å². The molecule has 0 aliphatic rings. The third-order valence-electron chi connectivity index (χ3n) is 3.80. The van der Waals surface area contributed by atoms with Crippen LogP contribution in [0.5, 0.6) is 11.5 Å². The quantitative estimate of drug-likeness (QED) is 0.678. The zero-order chi connectivity index (χ0) is 19.4. The van der Waals surface area contributed by atoms with Gasteiger partial charge in [0.15, 0.2) is 5.69 Å². The normalized spacial score (nSPS) is 10.1. The summed E-state index contributed by atoms with van der Waals surface area (Å²) in [6.45, 7) is 8.85. The minimum Gasteiger partial charge on any atom is -0.457 e. The second kappa shape index (κ2) is 7.74. The molecule has 0 amide bonds. The Hall–Kier alpha value is -3.61. The number of rotatable bonds is 4. The first-order chi connectivity index (χ1) is 13.0. The fourth-order valence-electron chi connectivity index (χ4n) is 2.49. The van der Waals surface area contributed by atoms with E-state index in [0.717, 1.165) is 5.56 Å². The van der Waals surface area contributed by atoms with Gasteiger partial charge in [0.1, 0.15) is 11.5 Å². The summed E-state index contributed by atoms with van der Waals surface area (Å²) in [4.78, 5) is 14.8. The van der Waals surface area contributed by atoms with Crippen molar-refractivity contribution < 1.29 is 4.74 Å². The van der Waals surface area contributed by atoms with E-state index in [-0.39, 0.29) is 5.56 Å². The minimum atomic E-state index is -0.216. The summed E-state index contributed by atoms with van der Waals surface area (Å²) in [5, 5.41) is 16.0. The van der Waals surface area contributed by atoms with Crippen molar-refractivity contribution in [3.05, 3.63) is 91.6 Å². The third kappa shape index (κ3) is 4.33. The number of hydrogen-bond acceptors (Lipinski definition) is 4. The summed E-state index contributed by atoms with van der Waals surface area (Å²) in [5.74, 6) is 0.762. The molecule has 3 aromatic rings. The van der Waals surface area contributed by atoms with Crippen LogP contribution in [0.3, 0.4) is 0 Å².